The summed E-state index contributed by atoms with van der Waals surface area (Å²) in [5.41, 5.74) is -1.38. The first-order valence-corrected chi connectivity index (χ1v) is 10.6. The highest BCUT2D eigenvalue weighted by molar-refractivity contribution is 5.74. The van der Waals surface area contributed by atoms with Gasteiger partial charge in [0, 0.05) is 26.1 Å². The molecule has 2 amide bonds. The number of aromatic amines is 1. The first-order chi connectivity index (χ1) is 15.3. The summed E-state index contributed by atoms with van der Waals surface area (Å²) in [5.74, 6) is 4.76. The van der Waals surface area contributed by atoms with Crippen molar-refractivity contribution in [3.05, 3.63) is 32.6 Å². The van der Waals surface area contributed by atoms with Crippen LogP contribution in [0.25, 0.3) is 0 Å². The number of nitrogens with one attached hydrogen (secondary N) is 3. The van der Waals surface area contributed by atoms with E-state index < -0.39 is 42.3 Å². The van der Waals surface area contributed by atoms with Crippen LogP contribution < -0.4 is 21.9 Å². The Balaban J connectivity index is 1.98. The molecule has 0 unspecified atom stereocenters. The molecule has 32 heavy (non-hydrogen) atoms. The second-order valence-corrected chi connectivity index (χ2v) is 7.38. The van der Waals surface area contributed by atoms with Crippen molar-refractivity contribution in [3.8, 4) is 11.8 Å². The van der Waals surface area contributed by atoms with Gasteiger partial charge in [-0.15, -0.1) is 0 Å². The molecule has 1 saturated heterocycles. The molecular formula is C21H30N4O7. The molecule has 2 heterocycles. The number of urea groups is 1. The lowest BCUT2D eigenvalue weighted by Gasteiger charge is -2.15. The maximum atomic E-state index is 12.2. The van der Waals surface area contributed by atoms with Gasteiger partial charge in [0.15, 0.2) is 0 Å². The lowest BCUT2D eigenvalue weighted by atomic mass is 10.2. The number of nitrogens with zero attached hydrogens (tertiary/aromatic N) is 1. The Kier molecular flexibility index (Phi) is 9.97. The van der Waals surface area contributed by atoms with Gasteiger partial charge in [-0.2, -0.15) is 0 Å². The number of carbonyl (C=O) groups is 2. The van der Waals surface area contributed by atoms with Gasteiger partial charge in [-0.25, -0.2) is 9.59 Å². The molecular weight excluding hydrogens is 420 g/mol. The van der Waals surface area contributed by atoms with Gasteiger partial charge in [-0.3, -0.25) is 19.1 Å². The third-order valence-electron chi connectivity index (χ3n) is 4.83. The average molecular weight is 450 g/mol. The molecule has 0 saturated carbocycles. The van der Waals surface area contributed by atoms with Crippen LogP contribution in [-0.2, 0) is 14.3 Å². The number of esters is 1. The number of hydrogen-bond donors (Lipinski definition) is 4. The minimum atomic E-state index is -0.849. The zero-order valence-electron chi connectivity index (χ0n) is 18.3. The van der Waals surface area contributed by atoms with E-state index in [4.69, 9.17) is 9.47 Å². The van der Waals surface area contributed by atoms with Crippen molar-refractivity contribution in [2.75, 3.05) is 19.7 Å². The van der Waals surface area contributed by atoms with Crippen LogP contribution in [0.5, 0.6) is 0 Å². The summed E-state index contributed by atoms with van der Waals surface area (Å²) in [4.78, 5) is 49.4. The van der Waals surface area contributed by atoms with Gasteiger partial charge in [0.25, 0.3) is 5.56 Å². The maximum Gasteiger partial charge on any atom is 0.330 e. The minimum Gasteiger partial charge on any atom is -0.460 e. The summed E-state index contributed by atoms with van der Waals surface area (Å²) < 4.78 is 11.9. The molecule has 1 aliphatic heterocycles. The zero-order valence-corrected chi connectivity index (χ0v) is 18.3. The molecule has 1 aromatic rings. The number of aliphatic hydroxyl groups is 1. The van der Waals surface area contributed by atoms with E-state index in [1.54, 1.807) is 0 Å². The molecule has 0 spiro atoms. The Morgan fingerprint density at radius 2 is 2.09 bits per heavy atom. The van der Waals surface area contributed by atoms with Gasteiger partial charge in [0.1, 0.15) is 24.0 Å². The van der Waals surface area contributed by atoms with Crippen LogP contribution in [-0.4, -0.2) is 58.6 Å². The molecule has 0 aromatic carbocycles. The SMILES string of the molecule is CCCCCCNC(=O)NCC#Cc1cn([C@H]2C[C@H](OC(C)=O)[C@@H](CO)O2)c(=O)[nH]c1=O. The third kappa shape index (κ3) is 7.55. The van der Waals surface area contributed by atoms with Crippen LogP contribution in [0.4, 0.5) is 4.79 Å². The molecule has 0 aliphatic carbocycles. The molecule has 1 fully saturated rings. The molecule has 3 atom stereocenters. The summed E-state index contributed by atoms with van der Waals surface area (Å²) in [6, 6.07) is -0.347. The normalized spacial score (nSPS) is 19.7. The van der Waals surface area contributed by atoms with E-state index in [2.05, 4.69) is 34.4 Å². The largest absolute Gasteiger partial charge is 0.460 e. The van der Waals surface area contributed by atoms with E-state index in [-0.39, 0.29) is 24.6 Å². The molecule has 1 aromatic heterocycles. The fourth-order valence-electron chi connectivity index (χ4n) is 3.24. The fourth-order valence-corrected chi connectivity index (χ4v) is 3.24. The van der Waals surface area contributed by atoms with Crippen molar-refractivity contribution in [3.63, 3.8) is 0 Å². The Morgan fingerprint density at radius 3 is 2.78 bits per heavy atom. The highest BCUT2D eigenvalue weighted by Gasteiger charge is 2.38. The number of unbranched alkanes of at least 4 members (excludes halogenated alkanes) is 3. The van der Waals surface area contributed by atoms with Crippen LogP contribution in [0, 0.1) is 11.8 Å². The highest BCUT2D eigenvalue weighted by atomic mass is 16.6. The number of H-pyrrole nitrogens is 1. The Labute approximate surface area is 185 Å². The molecule has 0 radical (unpaired) electrons. The fraction of sp³-hybridized carbons (Fsp3) is 0.619. The zero-order chi connectivity index (χ0) is 23.5. The number of aliphatic hydroxyl groups excluding tert-OH is 1. The topological polar surface area (TPSA) is 152 Å². The van der Waals surface area contributed by atoms with E-state index in [0.29, 0.717) is 6.54 Å². The predicted octanol–water partition coefficient (Wildman–Crippen LogP) is -0.0209. The van der Waals surface area contributed by atoms with Gasteiger partial charge in [0.2, 0.25) is 0 Å². The number of ether oxygens (including phenoxy) is 2. The second-order valence-electron chi connectivity index (χ2n) is 7.38. The quantitative estimate of drug-likeness (QED) is 0.234. The van der Waals surface area contributed by atoms with Gasteiger partial charge in [-0.1, -0.05) is 38.0 Å². The number of carbonyl (C=O) groups excluding carboxylic acids is 2. The predicted molar refractivity (Wildman–Crippen MR) is 115 cm³/mol. The van der Waals surface area contributed by atoms with Crippen LogP contribution in [0.3, 0.4) is 0 Å². The first kappa shape index (κ1) is 25.2. The third-order valence-corrected chi connectivity index (χ3v) is 4.83. The van der Waals surface area contributed by atoms with Crippen LogP contribution in [0.15, 0.2) is 15.8 Å². The van der Waals surface area contributed by atoms with E-state index >= 15 is 0 Å². The van der Waals surface area contributed by atoms with Crippen LogP contribution in [0.1, 0.15) is 57.7 Å². The summed E-state index contributed by atoms with van der Waals surface area (Å²) in [5, 5.41) is 14.7. The van der Waals surface area contributed by atoms with Crippen molar-refractivity contribution < 1.29 is 24.2 Å². The standard InChI is InChI=1S/C21H30N4O7/c1-3-4-5-6-9-22-20(29)23-10-7-8-15-12-25(21(30)24-19(15)28)18-11-16(31-14(2)27)17(13-26)32-18/h12,16-18,26H,3-6,9-11,13H2,1-2H3,(H2,22,23,29)(H,24,28,30)/t16-,17+,18+/m0/s1. The number of hydrogen-bond acceptors (Lipinski definition) is 7. The summed E-state index contributed by atoms with van der Waals surface area (Å²) in [6.45, 7) is 3.55. The smallest absolute Gasteiger partial charge is 0.330 e. The van der Waals surface area contributed by atoms with Gasteiger partial charge < -0.3 is 25.2 Å². The van der Waals surface area contributed by atoms with E-state index in [1.807, 2.05) is 0 Å². The lowest BCUT2D eigenvalue weighted by Crippen LogP contribution is -2.36. The van der Waals surface area contributed by atoms with Crippen LogP contribution >= 0.6 is 0 Å². The van der Waals surface area contributed by atoms with Crippen molar-refractivity contribution in [1.29, 1.82) is 0 Å². The number of aromatic nitrogens is 2. The number of rotatable bonds is 9. The van der Waals surface area contributed by atoms with E-state index in [9.17, 15) is 24.3 Å². The maximum absolute atomic E-state index is 12.2. The lowest BCUT2D eigenvalue weighted by molar-refractivity contribution is -0.150. The van der Waals surface area contributed by atoms with Gasteiger partial charge >= 0.3 is 17.7 Å². The van der Waals surface area contributed by atoms with E-state index in [1.165, 1.54) is 13.1 Å². The number of amides is 2. The Bertz CT molecular complexity index is 959. The van der Waals surface area contributed by atoms with Crippen molar-refractivity contribution in [2.45, 2.75) is 64.4 Å². The first-order valence-electron chi connectivity index (χ1n) is 10.6. The molecule has 0 bridgehead atoms. The Morgan fingerprint density at radius 1 is 1.31 bits per heavy atom. The molecule has 11 heteroatoms. The molecule has 2 rings (SSSR count). The van der Waals surface area contributed by atoms with Crippen molar-refractivity contribution in [1.82, 2.24) is 20.2 Å². The molecule has 11 nitrogen and oxygen atoms in total. The second kappa shape index (κ2) is 12.7. The molecule has 4 N–H and O–H groups in total. The molecule has 176 valence electrons. The molecule has 1 aliphatic rings. The van der Waals surface area contributed by atoms with Crippen LogP contribution in [0.2, 0.25) is 0 Å². The summed E-state index contributed by atoms with van der Waals surface area (Å²) >= 11 is 0. The summed E-state index contributed by atoms with van der Waals surface area (Å²) in [7, 11) is 0. The van der Waals surface area contributed by atoms with Gasteiger partial charge in [-0.05, 0) is 6.42 Å². The van der Waals surface area contributed by atoms with Crippen molar-refractivity contribution in [2.24, 2.45) is 0 Å². The van der Waals surface area contributed by atoms with E-state index in [0.717, 1.165) is 30.3 Å². The monoisotopic (exact) mass is 450 g/mol. The van der Waals surface area contributed by atoms with Crippen molar-refractivity contribution >= 4 is 12.0 Å². The Hall–Kier alpha value is -3.10. The highest BCUT2D eigenvalue weighted by Crippen LogP contribution is 2.29. The minimum absolute atomic E-state index is 0.00598. The average Bonchev–Trinajstić information content (AvgIpc) is 3.14. The van der Waals surface area contributed by atoms with Gasteiger partial charge in [0.05, 0.1) is 13.2 Å². The summed E-state index contributed by atoms with van der Waals surface area (Å²) in [6.07, 6.45) is 3.22.